The van der Waals surface area contributed by atoms with Crippen molar-refractivity contribution in [2.75, 3.05) is 13.2 Å². The Morgan fingerprint density at radius 2 is 1.78 bits per heavy atom. The van der Waals surface area contributed by atoms with Crippen LogP contribution in [0, 0.1) is 6.92 Å². The summed E-state index contributed by atoms with van der Waals surface area (Å²) in [6.07, 6.45) is -0.955. The van der Waals surface area contributed by atoms with Gasteiger partial charge in [-0.2, -0.15) is 0 Å². The fourth-order valence-corrected chi connectivity index (χ4v) is 3.10. The molecule has 1 saturated heterocycles. The number of imide groups is 1. The fourth-order valence-electron chi connectivity index (χ4n) is 3.10. The van der Waals surface area contributed by atoms with Crippen LogP contribution in [0.3, 0.4) is 0 Å². The molecule has 0 bridgehead atoms. The van der Waals surface area contributed by atoms with Crippen molar-refractivity contribution in [1.82, 2.24) is 10.2 Å². The lowest BCUT2D eigenvalue weighted by atomic mass is 9.91. The molecule has 142 valence electrons. The smallest absolute Gasteiger partial charge is 0.325 e. The lowest BCUT2D eigenvalue weighted by molar-refractivity contribution is -0.132. The van der Waals surface area contributed by atoms with Crippen LogP contribution < -0.4 is 5.32 Å². The average molecular weight is 368 g/mol. The zero-order chi connectivity index (χ0) is 19.4. The summed E-state index contributed by atoms with van der Waals surface area (Å²) in [5.74, 6) is -0.376. The average Bonchev–Trinajstić information content (AvgIpc) is 2.87. The highest BCUT2D eigenvalue weighted by atomic mass is 16.5. The minimum absolute atomic E-state index is 0.0349. The maximum absolute atomic E-state index is 12.8. The highest BCUT2D eigenvalue weighted by molar-refractivity contribution is 6.07. The van der Waals surface area contributed by atoms with E-state index < -0.39 is 17.7 Å². The predicted octanol–water partition coefficient (Wildman–Crippen LogP) is 2.34. The number of carbonyl (C=O) groups excluding carboxylic acids is 2. The van der Waals surface area contributed by atoms with Gasteiger partial charge in [0.25, 0.3) is 5.91 Å². The molecule has 27 heavy (non-hydrogen) atoms. The van der Waals surface area contributed by atoms with Crippen LogP contribution in [-0.2, 0) is 21.7 Å². The normalized spacial score (nSPS) is 20.6. The second kappa shape index (κ2) is 7.90. The second-order valence-corrected chi connectivity index (χ2v) is 6.99. The minimum atomic E-state index is -1.13. The summed E-state index contributed by atoms with van der Waals surface area (Å²) in [7, 11) is 0. The number of carbonyl (C=O) groups is 2. The number of hydrogen-bond acceptors (Lipinski definition) is 4. The Bertz CT molecular complexity index is 807. The Morgan fingerprint density at radius 1 is 1.11 bits per heavy atom. The molecule has 3 rings (SSSR count). The van der Waals surface area contributed by atoms with Crippen LogP contribution in [0.1, 0.15) is 23.6 Å². The van der Waals surface area contributed by atoms with Gasteiger partial charge in [-0.1, -0.05) is 60.2 Å². The van der Waals surface area contributed by atoms with E-state index in [-0.39, 0.29) is 19.1 Å². The van der Waals surface area contributed by atoms with Crippen LogP contribution in [0.4, 0.5) is 4.79 Å². The number of aryl methyl sites for hydroxylation is 1. The molecule has 1 aliphatic rings. The van der Waals surface area contributed by atoms with Crippen LogP contribution >= 0.6 is 0 Å². The molecule has 0 radical (unpaired) electrons. The van der Waals surface area contributed by atoms with Crippen LogP contribution in [0.2, 0.25) is 0 Å². The topological polar surface area (TPSA) is 78.9 Å². The molecule has 0 spiro atoms. The van der Waals surface area contributed by atoms with Gasteiger partial charge in [0.1, 0.15) is 5.54 Å². The third kappa shape index (κ3) is 4.18. The number of amides is 3. The van der Waals surface area contributed by atoms with E-state index in [9.17, 15) is 14.7 Å². The Kier molecular flexibility index (Phi) is 5.58. The van der Waals surface area contributed by atoms with E-state index in [4.69, 9.17) is 4.74 Å². The fraction of sp³-hybridized carbons (Fsp3) is 0.333. The zero-order valence-corrected chi connectivity index (χ0v) is 15.5. The zero-order valence-electron chi connectivity index (χ0n) is 15.5. The number of urea groups is 1. The third-order valence-electron chi connectivity index (χ3n) is 4.72. The molecule has 0 aliphatic carbocycles. The van der Waals surface area contributed by atoms with Gasteiger partial charge in [0.05, 0.1) is 25.9 Å². The van der Waals surface area contributed by atoms with Crippen molar-refractivity contribution in [1.29, 1.82) is 0 Å². The minimum Gasteiger partial charge on any atom is -0.389 e. The van der Waals surface area contributed by atoms with Crippen molar-refractivity contribution in [2.45, 2.75) is 32.1 Å². The number of rotatable bonds is 7. The number of β-amino-alcohol motifs (C(OH)–C–C–N with tert-alkyl or cyclic N) is 1. The van der Waals surface area contributed by atoms with Gasteiger partial charge in [0, 0.05) is 0 Å². The third-order valence-corrected chi connectivity index (χ3v) is 4.72. The van der Waals surface area contributed by atoms with E-state index in [2.05, 4.69) is 5.32 Å². The predicted molar refractivity (Wildman–Crippen MR) is 101 cm³/mol. The number of nitrogens with zero attached hydrogens (tertiary/aromatic N) is 1. The molecule has 2 aromatic rings. The molecule has 2 aromatic carbocycles. The van der Waals surface area contributed by atoms with Gasteiger partial charge in [0.2, 0.25) is 0 Å². The van der Waals surface area contributed by atoms with E-state index in [1.165, 1.54) is 0 Å². The molecule has 2 atom stereocenters. The molecular formula is C21H24N2O4. The number of aliphatic hydroxyl groups is 1. The van der Waals surface area contributed by atoms with Gasteiger partial charge in [-0.3, -0.25) is 9.69 Å². The first-order valence-electron chi connectivity index (χ1n) is 8.91. The summed E-state index contributed by atoms with van der Waals surface area (Å²) >= 11 is 0. The van der Waals surface area contributed by atoms with E-state index in [1.807, 2.05) is 61.5 Å². The summed E-state index contributed by atoms with van der Waals surface area (Å²) in [6, 6.07) is 16.5. The molecule has 1 aliphatic heterocycles. The first-order chi connectivity index (χ1) is 12.9. The van der Waals surface area contributed by atoms with E-state index >= 15 is 0 Å². The Labute approximate surface area is 158 Å². The van der Waals surface area contributed by atoms with Crippen LogP contribution in [-0.4, -0.2) is 41.2 Å². The molecule has 1 heterocycles. The van der Waals surface area contributed by atoms with Crippen molar-refractivity contribution in [2.24, 2.45) is 0 Å². The molecule has 2 N–H and O–H groups in total. The first-order valence-corrected chi connectivity index (χ1v) is 8.91. The summed E-state index contributed by atoms with van der Waals surface area (Å²) in [5, 5.41) is 12.9. The van der Waals surface area contributed by atoms with Gasteiger partial charge in [-0.15, -0.1) is 0 Å². The number of nitrogens with one attached hydrogen (secondary N) is 1. The van der Waals surface area contributed by atoms with Crippen molar-refractivity contribution < 1.29 is 19.4 Å². The number of benzene rings is 2. The summed E-state index contributed by atoms with van der Waals surface area (Å²) < 4.78 is 5.49. The Morgan fingerprint density at radius 3 is 2.44 bits per heavy atom. The van der Waals surface area contributed by atoms with Gasteiger partial charge >= 0.3 is 6.03 Å². The maximum Gasteiger partial charge on any atom is 0.325 e. The van der Waals surface area contributed by atoms with Crippen LogP contribution in [0.25, 0.3) is 0 Å². The number of ether oxygens (including phenoxy) is 1. The van der Waals surface area contributed by atoms with Gasteiger partial charge < -0.3 is 15.2 Å². The van der Waals surface area contributed by atoms with Gasteiger partial charge in [-0.25, -0.2) is 4.79 Å². The van der Waals surface area contributed by atoms with Crippen LogP contribution in [0.5, 0.6) is 0 Å². The summed E-state index contributed by atoms with van der Waals surface area (Å²) in [5.41, 5.74) is 1.65. The monoisotopic (exact) mass is 368 g/mol. The molecular weight excluding hydrogens is 344 g/mol. The van der Waals surface area contributed by atoms with Crippen molar-refractivity contribution in [3.05, 3.63) is 71.3 Å². The van der Waals surface area contributed by atoms with E-state index in [0.29, 0.717) is 12.2 Å². The van der Waals surface area contributed by atoms with Crippen LogP contribution in [0.15, 0.2) is 54.6 Å². The highest BCUT2D eigenvalue weighted by Gasteiger charge is 2.49. The molecule has 1 fully saturated rings. The van der Waals surface area contributed by atoms with E-state index in [1.54, 1.807) is 6.92 Å². The molecule has 0 saturated carbocycles. The maximum atomic E-state index is 12.8. The molecule has 6 nitrogen and oxygen atoms in total. The highest BCUT2D eigenvalue weighted by Crippen LogP contribution is 2.29. The number of hydrogen-bond donors (Lipinski definition) is 2. The summed E-state index contributed by atoms with van der Waals surface area (Å²) in [4.78, 5) is 26.2. The van der Waals surface area contributed by atoms with Gasteiger partial charge in [-0.05, 0) is 25.0 Å². The SMILES string of the molecule is Cc1ccc(C2(C)NC(=O)N(CC(O)COCc3ccccc3)C2=O)cc1. The lowest BCUT2D eigenvalue weighted by Crippen LogP contribution is -2.42. The Hall–Kier alpha value is -2.70. The number of aliphatic hydroxyl groups excluding tert-OH is 1. The molecule has 2 unspecified atom stereocenters. The standard InChI is InChI=1S/C21H24N2O4/c1-15-8-10-17(11-9-15)21(2)19(25)23(20(26)22-21)12-18(24)14-27-13-16-6-4-3-5-7-16/h3-11,18,24H,12-14H2,1-2H3,(H,22,26). The molecule has 6 heteroatoms. The second-order valence-electron chi connectivity index (χ2n) is 6.99. The van der Waals surface area contributed by atoms with E-state index in [0.717, 1.165) is 16.0 Å². The quantitative estimate of drug-likeness (QED) is 0.736. The largest absolute Gasteiger partial charge is 0.389 e. The Balaban J connectivity index is 1.59. The van der Waals surface area contributed by atoms with Gasteiger partial charge in [0.15, 0.2) is 0 Å². The van der Waals surface area contributed by atoms with Crippen molar-refractivity contribution in [3.63, 3.8) is 0 Å². The van der Waals surface area contributed by atoms with Crippen molar-refractivity contribution in [3.8, 4) is 0 Å². The first kappa shape index (κ1) is 19.1. The molecule has 3 amide bonds. The molecule has 0 aromatic heterocycles. The van der Waals surface area contributed by atoms with Crippen molar-refractivity contribution >= 4 is 11.9 Å². The summed E-state index contributed by atoms with van der Waals surface area (Å²) in [6.45, 7) is 3.92. The lowest BCUT2D eigenvalue weighted by Gasteiger charge is -2.23.